The van der Waals surface area contributed by atoms with E-state index in [2.05, 4.69) is 4.98 Å². The van der Waals surface area contributed by atoms with Crippen LogP contribution in [0.4, 0.5) is 0 Å². The number of rotatable bonds is 3. The summed E-state index contributed by atoms with van der Waals surface area (Å²) >= 11 is 0. The molecule has 0 N–H and O–H groups in total. The van der Waals surface area contributed by atoms with E-state index in [1.165, 1.54) is 0 Å². The molecule has 2 aliphatic heterocycles. The Morgan fingerprint density at radius 3 is 2.74 bits per heavy atom. The quantitative estimate of drug-likeness (QED) is 0.859. The zero-order valence-corrected chi connectivity index (χ0v) is 13.8. The van der Waals surface area contributed by atoms with Crippen molar-refractivity contribution < 1.29 is 9.59 Å². The number of carbonyl (C=O) groups is 2. The molecule has 0 aromatic carbocycles. The molecule has 124 valence electrons. The van der Waals surface area contributed by atoms with E-state index < -0.39 is 0 Å². The Kier molecular flexibility index (Phi) is 4.94. The molecular weight excluding hydrogens is 290 g/mol. The van der Waals surface area contributed by atoms with Crippen molar-refractivity contribution in [2.24, 2.45) is 5.92 Å². The Morgan fingerprint density at radius 1 is 1.26 bits per heavy atom. The van der Waals surface area contributed by atoms with Crippen LogP contribution < -0.4 is 0 Å². The third-order valence-electron chi connectivity index (χ3n) is 5.07. The van der Waals surface area contributed by atoms with Crippen LogP contribution in [0, 0.1) is 12.8 Å². The zero-order chi connectivity index (χ0) is 16.2. The molecule has 1 aromatic rings. The van der Waals surface area contributed by atoms with Gasteiger partial charge in [0, 0.05) is 45.0 Å². The molecule has 2 fully saturated rings. The second-order valence-corrected chi connectivity index (χ2v) is 6.72. The summed E-state index contributed by atoms with van der Waals surface area (Å²) in [6.45, 7) is 5.28. The molecule has 2 amide bonds. The number of hydrogen-bond acceptors (Lipinski definition) is 3. The Bertz CT molecular complexity index is 579. The van der Waals surface area contributed by atoms with Crippen LogP contribution in [0.3, 0.4) is 0 Å². The number of carbonyl (C=O) groups excluding carboxylic acids is 2. The van der Waals surface area contributed by atoms with Crippen molar-refractivity contribution >= 4 is 11.8 Å². The molecule has 0 saturated carbocycles. The topological polar surface area (TPSA) is 53.5 Å². The van der Waals surface area contributed by atoms with E-state index >= 15 is 0 Å². The highest BCUT2D eigenvalue weighted by atomic mass is 16.2. The van der Waals surface area contributed by atoms with Crippen LogP contribution in [-0.4, -0.2) is 52.8 Å². The Labute approximate surface area is 137 Å². The minimum Gasteiger partial charge on any atom is -0.342 e. The predicted octanol–water partition coefficient (Wildman–Crippen LogP) is 2.25. The highest BCUT2D eigenvalue weighted by molar-refractivity contribution is 5.95. The van der Waals surface area contributed by atoms with Gasteiger partial charge in [0.15, 0.2) is 0 Å². The first-order chi connectivity index (χ1) is 11.1. The first kappa shape index (κ1) is 16.0. The van der Waals surface area contributed by atoms with Crippen LogP contribution in [0.2, 0.25) is 0 Å². The lowest BCUT2D eigenvalue weighted by Crippen LogP contribution is -2.44. The maximum atomic E-state index is 12.6. The highest BCUT2D eigenvalue weighted by Crippen LogP contribution is 2.22. The van der Waals surface area contributed by atoms with Crippen LogP contribution in [-0.2, 0) is 4.79 Å². The summed E-state index contributed by atoms with van der Waals surface area (Å²) < 4.78 is 0. The SMILES string of the molecule is Cc1ccncc1C(=O)N1CCC(CN2CCCCC2=O)CC1. The van der Waals surface area contributed by atoms with E-state index in [1.54, 1.807) is 12.4 Å². The number of nitrogens with zero attached hydrogens (tertiary/aromatic N) is 3. The average Bonchev–Trinajstić information content (AvgIpc) is 2.57. The first-order valence-corrected chi connectivity index (χ1v) is 8.63. The lowest BCUT2D eigenvalue weighted by atomic mass is 9.94. The molecule has 0 unspecified atom stereocenters. The number of aryl methyl sites for hydroxylation is 1. The third-order valence-corrected chi connectivity index (χ3v) is 5.07. The van der Waals surface area contributed by atoms with Gasteiger partial charge in [0.25, 0.3) is 5.91 Å². The van der Waals surface area contributed by atoms with Gasteiger partial charge in [0.05, 0.1) is 5.56 Å². The fraction of sp³-hybridized carbons (Fsp3) is 0.611. The summed E-state index contributed by atoms with van der Waals surface area (Å²) in [5.74, 6) is 0.917. The molecule has 3 heterocycles. The van der Waals surface area contributed by atoms with Crippen LogP contribution in [0.15, 0.2) is 18.5 Å². The maximum absolute atomic E-state index is 12.6. The fourth-order valence-corrected chi connectivity index (χ4v) is 3.54. The number of aromatic nitrogens is 1. The van der Waals surface area contributed by atoms with Gasteiger partial charge in [-0.1, -0.05) is 0 Å². The van der Waals surface area contributed by atoms with Crippen molar-refractivity contribution in [3.05, 3.63) is 29.6 Å². The monoisotopic (exact) mass is 315 g/mol. The third kappa shape index (κ3) is 3.71. The van der Waals surface area contributed by atoms with Gasteiger partial charge in [-0.15, -0.1) is 0 Å². The normalized spacial score (nSPS) is 20.0. The molecule has 2 aliphatic rings. The van der Waals surface area contributed by atoms with Crippen LogP contribution in [0.25, 0.3) is 0 Å². The molecule has 5 nitrogen and oxygen atoms in total. The van der Waals surface area contributed by atoms with E-state index in [1.807, 2.05) is 22.8 Å². The summed E-state index contributed by atoms with van der Waals surface area (Å²) in [6, 6.07) is 1.88. The summed E-state index contributed by atoms with van der Waals surface area (Å²) in [5.41, 5.74) is 1.68. The second kappa shape index (κ2) is 7.11. The van der Waals surface area contributed by atoms with Gasteiger partial charge in [-0.25, -0.2) is 0 Å². The molecule has 0 spiro atoms. The second-order valence-electron chi connectivity index (χ2n) is 6.72. The van der Waals surface area contributed by atoms with Gasteiger partial charge in [-0.3, -0.25) is 14.6 Å². The van der Waals surface area contributed by atoms with Crippen molar-refractivity contribution in [1.29, 1.82) is 0 Å². The summed E-state index contributed by atoms with van der Waals surface area (Å²) in [7, 11) is 0. The van der Waals surface area contributed by atoms with Crippen molar-refractivity contribution in [3.8, 4) is 0 Å². The molecule has 2 saturated heterocycles. The summed E-state index contributed by atoms with van der Waals surface area (Å²) in [6.07, 6.45) is 8.21. The van der Waals surface area contributed by atoms with Gasteiger partial charge in [0.2, 0.25) is 5.91 Å². The highest BCUT2D eigenvalue weighted by Gasteiger charge is 2.27. The van der Waals surface area contributed by atoms with E-state index in [0.29, 0.717) is 23.8 Å². The minimum atomic E-state index is 0.0862. The Morgan fingerprint density at radius 2 is 2.04 bits per heavy atom. The summed E-state index contributed by atoms with van der Waals surface area (Å²) in [5, 5.41) is 0. The number of hydrogen-bond donors (Lipinski definition) is 0. The molecular formula is C18H25N3O2. The van der Waals surface area contributed by atoms with Gasteiger partial charge in [-0.2, -0.15) is 0 Å². The smallest absolute Gasteiger partial charge is 0.255 e. The largest absolute Gasteiger partial charge is 0.342 e. The average molecular weight is 315 g/mol. The van der Waals surface area contributed by atoms with E-state index in [4.69, 9.17) is 0 Å². The molecule has 0 bridgehead atoms. The molecule has 0 aliphatic carbocycles. The van der Waals surface area contributed by atoms with Gasteiger partial charge >= 0.3 is 0 Å². The van der Waals surface area contributed by atoms with E-state index in [0.717, 1.165) is 57.4 Å². The fourth-order valence-electron chi connectivity index (χ4n) is 3.54. The maximum Gasteiger partial charge on any atom is 0.255 e. The van der Waals surface area contributed by atoms with Crippen LogP contribution >= 0.6 is 0 Å². The first-order valence-electron chi connectivity index (χ1n) is 8.63. The van der Waals surface area contributed by atoms with Crippen molar-refractivity contribution in [2.45, 2.75) is 39.0 Å². The predicted molar refractivity (Wildman–Crippen MR) is 88.0 cm³/mol. The molecule has 3 rings (SSSR count). The Balaban J connectivity index is 1.53. The Hall–Kier alpha value is -1.91. The standard InChI is InChI=1S/C18H25N3O2/c1-14-5-8-19-12-16(14)18(23)20-10-6-15(7-11-20)13-21-9-3-2-4-17(21)22/h5,8,12,15H,2-4,6-7,9-11,13H2,1H3. The molecule has 0 radical (unpaired) electrons. The number of pyridine rings is 1. The molecule has 23 heavy (non-hydrogen) atoms. The van der Waals surface area contributed by atoms with E-state index in [9.17, 15) is 9.59 Å². The lowest BCUT2D eigenvalue weighted by molar-refractivity contribution is -0.134. The lowest BCUT2D eigenvalue weighted by Gasteiger charge is -2.36. The van der Waals surface area contributed by atoms with Gasteiger partial charge in [0.1, 0.15) is 0 Å². The molecule has 0 atom stereocenters. The molecule has 5 heteroatoms. The van der Waals surface area contributed by atoms with Crippen molar-refractivity contribution in [2.75, 3.05) is 26.2 Å². The van der Waals surface area contributed by atoms with Crippen molar-refractivity contribution in [1.82, 2.24) is 14.8 Å². The van der Waals surface area contributed by atoms with Crippen LogP contribution in [0.5, 0.6) is 0 Å². The number of piperidine rings is 2. The van der Waals surface area contributed by atoms with E-state index in [-0.39, 0.29) is 5.91 Å². The molecule has 1 aromatic heterocycles. The minimum absolute atomic E-state index is 0.0862. The summed E-state index contributed by atoms with van der Waals surface area (Å²) in [4.78, 5) is 32.5. The zero-order valence-electron chi connectivity index (χ0n) is 13.8. The van der Waals surface area contributed by atoms with Gasteiger partial charge < -0.3 is 9.80 Å². The van der Waals surface area contributed by atoms with Gasteiger partial charge in [-0.05, 0) is 50.2 Å². The number of likely N-dealkylation sites (tertiary alicyclic amines) is 2. The van der Waals surface area contributed by atoms with Crippen molar-refractivity contribution in [3.63, 3.8) is 0 Å². The van der Waals surface area contributed by atoms with Crippen LogP contribution in [0.1, 0.15) is 48.0 Å². The number of amides is 2.